The van der Waals surface area contributed by atoms with Gasteiger partial charge in [-0.05, 0) is 23.8 Å². The molecule has 1 unspecified atom stereocenters. The van der Waals surface area contributed by atoms with Gasteiger partial charge in [0.15, 0.2) is 0 Å². The van der Waals surface area contributed by atoms with Gasteiger partial charge in [0, 0.05) is 22.4 Å². The van der Waals surface area contributed by atoms with Crippen LogP contribution in [0.5, 0.6) is 0 Å². The van der Waals surface area contributed by atoms with Crippen molar-refractivity contribution in [3.63, 3.8) is 0 Å². The molecule has 2 aromatic rings. The van der Waals surface area contributed by atoms with Crippen LogP contribution in [-0.4, -0.2) is 9.97 Å². The van der Waals surface area contributed by atoms with Crippen LogP contribution in [0.15, 0.2) is 30.6 Å². The minimum absolute atomic E-state index is 0.383. The summed E-state index contributed by atoms with van der Waals surface area (Å²) in [5.41, 5.74) is 6.76. The van der Waals surface area contributed by atoms with Gasteiger partial charge in [0.1, 0.15) is 5.82 Å². The van der Waals surface area contributed by atoms with E-state index < -0.39 is 0 Å². The second-order valence-corrected chi connectivity index (χ2v) is 3.96. The highest BCUT2D eigenvalue weighted by Crippen LogP contribution is 2.27. The van der Waals surface area contributed by atoms with E-state index in [-0.39, 0.29) is 6.04 Å². The SMILES string of the molecule is NC(c1ncc[nH]1)c1cc(Cl)ccc1Cl. The lowest BCUT2D eigenvalue weighted by molar-refractivity contribution is 0.801. The smallest absolute Gasteiger partial charge is 0.127 e. The molecule has 1 aromatic heterocycles. The number of aromatic nitrogens is 2. The molecule has 0 aliphatic heterocycles. The fourth-order valence-electron chi connectivity index (χ4n) is 1.35. The highest BCUT2D eigenvalue weighted by atomic mass is 35.5. The molecule has 2 rings (SSSR count). The number of H-pyrrole nitrogens is 1. The summed E-state index contributed by atoms with van der Waals surface area (Å²) in [5.74, 6) is 0.666. The number of imidazole rings is 1. The number of rotatable bonds is 2. The first-order valence-corrected chi connectivity index (χ1v) is 5.14. The molecule has 3 nitrogen and oxygen atoms in total. The van der Waals surface area contributed by atoms with E-state index in [2.05, 4.69) is 9.97 Å². The van der Waals surface area contributed by atoms with Gasteiger partial charge in [-0.2, -0.15) is 0 Å². The van der Waals surface area contributed by atoms with Crippen LogP contribution in [0.25, 0.3) is 0 Å². The van der Waals surface area contributed by atoms with Crippen LogP contribution >= 0.6 is 23.2 Å². The molecule has 1 aromatic carbocycles. The lowest BCUT2D eigenvalue weighted by Gasteiger charge is -2.11. The van der Waals surface area contributed by atoms with Gasteiger partial charge in [-0.1, -0.05) is 23.2 Å². The van der Waals surface area contributed by atoms with Crippen molar-refractivity contribution in [2.24, 2.45) is 5.73 Å². The average Bonchev–Trinajstić information content (AvgIpc) is 2.74. The summed E-state index contributed by atoms with van der Waals surface area (Å²) in [6.45, 7) is 0. The zero-order valence-corrected chi connectivity index (χ0v) is 9.26. The van der Waals surface area contributed by atoms with Gasteiger partial charge < -0.3 is 10.7 Å². The third kappa shape index (κ3) is 2.15. The van der Waals surface area contributed by atoms with Gasteiger partial charge in [-0.25, -0.2) is 4.98 Å². The van der Waals surface area contributed by atoms with Crippen LogP contribution in [0.2, 0.25) is 10.0 Å². The quantitative estimate of drug-likeness (QED) is 0.850. The zero-order chi connectivity index (χ0) is 10.8. The molecule has 15 heavy (non-hydrogen) atoms. The maximum Gasteiger partial charge on any atom is 0.127 e. The Balaban J connectivity index is 2.41. The highest BCUT2D eigenvalue weighted by Gasteiger charge is 2.14. The number of aromatic amines is 1. The third-order valence-electron chi connectivity index (χ3n) is 2.11. The maximum absolute atomic E-state index is 6.03. The van der Waals surface area contributed by atoms with E-state index in [0.29, 0.717) is 15.9 Å². The van der Waals surface area contributed by atoms with Crippen molar-refractivity contribution >= 4 is 23.2 Å². The lowest BCUT2D eigenvalue weighted by atomic mass is 10.1. The van der Waals surface area contributed by atoms with Crippen LogP contribution in [0.4, 0.5) is 0 Å². The molecule has 78 valence electrons. The van der Waals surface area contributed by atoms with Crippen molar-refractivity contribution in [3.8, 4) is 0 Å². The summed E-state index contributed by atoms with van der Waals surface area (Å²) in [6, 6.07) is 4.81. The Labute approximate surface area is 97.2 Å². The van der Waals surface area contributed by atoms with E-state index in [9.17, 15) is 0 Å². The van der Waals surface area contributed by atoms with E-state index in [1.54, 1.807) is 30.6 Å². The first-order valence-electron chi connectivity index (χ1n) is 4.38. The van der Waals surface area contributed by atoms with E-state index in [4.69, 9.17) is 28.9 Å². The summed E-state index contributed by atoms with van der Waals surface area (Å²) in [4.78, 5) is 7.03. The van der Waals surface area contributed by atoms with E-state index in [1.807, 2.05) is 0 Å². The van der Waals surface area contributed by atoms with Crippen molar-refractivity contribution in [2.45, 2.75) is 6.04 Å². The normalized spacial score (nSPS) is 12.7. The van der Waals surface area contributed by atoms with Crippen molar-refractivity contribution in [1.29, 1.82) is 0 Å². The number of halogens is 2. The molecule has 0 spiro atoms. The molecular formula is C10H9Cl2N3. The number of nitrogens with one attached hydrogen (secondary N) is 1. The predicted molar refractivity (Wildman–Crippen MR) is 61.1 cm³/mol. The van der Waals surface area contributed by atoms with Crippen molar-refractivity contribution < 1.29 is 0 Å². The lowest BCUT2D eigenvalue weighted by Crippen LogP contribution is -2.14. The van der Waals surface area contributed by atoms with Gasteiger partial charge in [0.05, 0.1) is 6.04 Å². The molecule has 0 radical (unpaired) electrons. The van der Waals surface area contributed by atoms with E-state index >= 15 is 0 Å². The fraction of sp³-hybridized carbons (Fsp3) is 0.100. The molecule has 0 saturated carbocycles. The molecule has 5 heteroatoms. The first-order chi connectivity index (χ1) is 7.18. The number of hydrogen-bond donors (Lipinski definition) is 2. The molecule has 0 saturated heterocycles. The number of nitrogens with zero attached hydrogens (tertiary/aromatic N) is 1. The molecule has 0 aliphatic carbocycles. The van der Waals surface area contributed by atoms with Gasteiger partial charge >= 0.3 is 0 Å². The molecule has 0 aliphatic rings. The largest absolute Gasteiger partial charge is 0.347 e. The molecular weight excluding hydrogens is 233 g/mol. The second-order valence-electron chi connectivity index (χ2n) is 3.12. The Morgan fingerprint density at radius 1 is 1.33 bits per heavy atom. The Bertz CT molecular complexity index is 454. The number of benzene rings is 1. The van der Waals surface area contributed by atoms with Gasteiger partial charge in [0.25, 0.3) is 0 Å². The predicted octanol–water partition coefficient (Wildman–Crippen LogP) is 2.76. The van der Waals surface area contributed by atoms with Crippen LogP contribution < -0.4 is 5.73 Å². The summed E-state index contributed by atoms with van der Waals surface area (Å²) < 4.78 is 0. The standard InChI is InChI=1S/C10H9Cl2N3/c11-6-1-2-8(12)7(5-6)9(13)10-14-3-4-15-10/h1-5,9H,13H2,(H,14,15). The van der Waals surface area contributed by atoms with Crippen LogP contribution in [-0.2, 0) is 0 Å². The van der Waals surface area contributed by atoms with Crippen LogP contribution in [0, 0.1) is 0 Å². The Morgan fingerprint density at radius 2 is 2.13 bits per heavy atom. The third-order valence-corrected chi connectivity index (χ3v) is 2.69. The molecule has 0 fully saturated rings. The minimum Gasteiger partial charge on any atom is -0.347 e. The number of nitrogens with two attached hydrogens (primary N) is 1. The van der Waals surface area contributed by atoms with E-state index in [0.717, 1.165) is 5.56 Å². The second kappa shape index (κ2) is 4.23. The molecule has 3 N–H and O–H groups in total. The molecule has 0 amide bonds. The summed E-state index contributed by atoms with van der Waals surface area (Å²) in [7, 11) is 0. The summed E-state index contributed by atoms with van der Waals surface area (Å²) in [5, 5.41) is 1.19. The van der Waals surface area contributed by atoms with Crippen LogP contribution in [0.3, 0.4) is 0 Å². The van der Waals surface area contributed by atoms with Crippen LogP contribution in [0.1, 0.15) is 17.4 Å². The minimum atomic E-state index is -0.383. The summed E-state index contributed by atoms with van der Waals surface area (Å²) >= 11 is 11.9. The van der Waals surface area contributed by atoms with Crippen molar-refractivity contribution in [3.05, 3.63) is 52.0 Å². The summed E-state index contributed by atoms with van der Waals surface area (Å²) in [6.07, 6.45) is 3.36. The fourth-order valence-corrected chi connectivity index (χ4v) is 1.76. The van der Waals surface area contributed by atoms with Gasteiger partial charge in [-0.3, -0.25) is 0 Å². The monoisotopic (exact) mass is 241 g/mol. The molecule has 0 bridgehead atoms. The molecule has 1 heterocycles. The van der Waals surface area contributed by atoms with Crippen molar-refractivity contribution in [1.82, 2.24) is 9.97 Å². The topological polar surface area (TPSA) is 54.7 Å². The Kier molecular flexibility index (Phi) is 2.95. The van der Waals surface area contributed by atoms with E-state index in [1.165, 1.54) is 0 Å². The Morgan fingerprint density at radius 3 is 2.80 bits per heavy atom. The maximum atomic E-state index is 6.03. The van der Waals surface area contributed by atoms with Gasteiger partial charge in [0.2, 0.25) is 0 Å². The van der Waals surface area contributed by atoms with Crippen molar-refractivity contribution in [2.75, 3.05) is 0 Å². The highest BCUT2D eigenvalue weighted by molar-refractivity contribution is 6.33. The number of hydrogen-bond acceptors (Lipinski definition) is 2. The van der Waals surface area contributed by atoms with Gasteiger partial charge in [-0.15, -0.1) is 0 Å². The zero-order valence-electron chi connectivity index (χ0n) is 7.74. The molecule has 1 atom stereocenters. The first kappa shape index (κ1) is 10.5. The Hall–Kier alpha value is -1.03. The average molecular weight is 242 g/mol.